The Hall–Kier alpha value is -0.870. The molecule has 1 rings (SSSR count). The molecule has 0 unspecified atom stereocenters. The molecular formula is C15H25NO2S. The van der Waals surface area contributed by atoms with Crippen LogP contribution in [0.4, 0.5) is 0 Å². The van der Waals surface area contributed by atoms with Crippen LogP contribution >= 0.6 is 0 Å². The van der Waals surface area contributed by atoms with Crippen molar-refractivity contribution in [2.24, 2.45) is 5.92 Å². The lowest BCUT2D eigenvalue weighted by Gasteiger charge is -2.15. The summed E-state index contributed by atoms with van der Waals surface area (Å²) in [7, 11) is -3.38. The molecule has 1 aromatic carbocycles. The first kappa shape index (κ1) is 16.2. The van der Waals surface area contributed by atoms with Crippen molar-refractivity contribution < 1.29 is 8.42 Å². The first-order valence-electron chi connectivity index (χ1n) is 6.90. The molecule has 0 bridgehead atoms. The van der Waals surface area contributed by atoms with E-state index in [4.69, 9.17) is 0 Å². The van der Waals surface area contributed by atoms with Crippen LogP contribution in [0.25, 0.3) is 0 Å². The fraction of sp³-hybridized carbons (Fsp3) is 0.600. The average molecular weight is 283 g/mol. The quantitative estimate of drug-likeness (QED) is 0.832. The average Bonchev–Trinajstić information content (AvgIpc) is 2.28. The standard InChI is InChI=1S/C15H25NO2S/c1-12(2)6-5-7-14(4)16-19(17,18)15-10-8-13(3)9-11-15/h8-12,14,16H,5-7H2,1-4H3/t14-/m1/s1. The minimum atomic E-state index is -3.38. The highest BCUT2D eigenvalue weighted by Gasteiger charge is 2.16. The Labute approximate surface area is 117 Å². The molecule has 0 aromatic heterocycles. The van der Waals surface area contributed by atoms with Crippen molar-refractivity contribution in [3.05, 3.63) is 29.8 Å². The molecule has 1 N–H and O–H groups in total. The number of aryl methyl sites for hydroxylation is 1. The molecule has 1 aromatic rings. The number of hydrogen-bond donors (Lipinski definition) is 1. The van der Waals surface area contributed by atoms with Gasteiger partial charge in [0.15, 0.2) is 0 Å². The second-order valence-corrected chi connectivity index (χ2v) is 7.37. The van der Waals surface area contributed by atoms with E-state index in [1.54, 1.807) is 12.1 Å². The van der Waals surface area contributed by atoms with Crippen molar-refractivity contribution >= 4 is 10.0 Å². The monoisotopic (exact) mass is 283 g/mol. The SMILES string of the molecule is Cc1ccc(S(=O)(=O)N[C@H](C)CCCC(C)C)cc1. The van der Waals surface area contributed by atoms with Crippen LogP contribution in [0.2, 0.25) is 0 Å². The summed E-state index contributed by atoms with van der Waals surface area (Å²) in [5.74, 6) is 0.668. The van der Waals surface area contributed by atoms with Crippen molar-refractivity contribution in [3.63, 3.8) is 0 Å². The topological polar surface area (TPSA) is 46.2 Å². The van der Waals surface area contributed by atoms with Gasteiger partial charge in [-0.1, -0.05) is 44.4 Å². The number of nitrogens with one attached hydrogen (secondary N) is 1. The molecule has 0 aliphatic carbocycles. The summed E-state index contributed by atoms with van der Waals surface area (Å²) in [5.41, 5.74) is 1.06. The van der Waals surface area contributed by atoms with Gasteiger partial charge >= 0.3 is 0 Å². The molecule has 0 amide bonds. The van der Waals surface area contributed by atoms with Crippen LogP contribution in [0.3, 0.4) is 0 Å². The van der Waals surface area contributed by atoms with E-state index >= 15 is 0 Å². The van der Waals surface area contributed by atoms with Crippen LogP contribution in [0.1, 0.15) is 45.6 Å². The molecule has 4 heteroatoms. The van der Waals surface area contributed by atoms with E-state index < -0.39 is 10.0 Å². The van der Waals surface area contributed by atoms with Crippen molar-refractivity contribution in [1.82, 2.24) is 4.72 Å². The fourth-order valence-electron chi connectivity index (χ4n) is 1.94. The summed E-state index contributed by atoms with van der Waals surface area (Å²) in [4.78, 5) is 0.341. The lowest BCUT2D eigenvalue weighted by molar-refractivity contribution is 0.488. The predicted octanol–water partition coefficient (Wildman–Crippen LogP) is 3.49. The van der Waals surface area contributed by atoms with Gasteiger partial charge in [0.05, 0.1) is 4.90 Å². The second kappa shape index (κ2) is 7.06. The minimum absolute atomic E-state index is 0.0231. The van der Waals surface area contributed by atoms with Crippen LogP contribution in [-0.4, -0.2) is 14.5 Å². The first-order valence-corrected chi connectivity index (χ1v) is 8.38. The summed E-state index contributed by atoms with van der Waals surface area (Å²) in [5, 5.41) is 0. The predicted molar refractivity (Wildman–Crippen MR) is 79.7 cm³/mol. The molecule has 108 valence electrons. The maximum atomic E-state index is 12.1. The van der Waals surface area contributed by atoms with E-state index in [2.05, 4.69) is 18.6 Å². The third-order valence-corrected chi connectivity index (χ3v) is 4.71. The van der Waals surface area contributed by atoms with Gasteiger partial charge in [-0.15, -0.1) is 0 Å². The Bertz CT molecular complexity index is 477. The van der Waals surface area contributed by atoms with Crippen molar-refractivity contribution in [2.45, 2.75) is 57.9 Å². The zero-order chi connectivity index (χ0) is 14.5. The number of sulfonamides is 1. The molecule has 0 fully saturated rings. The van der Waals surface area contributed by atoms with E-state index in [0.29, 0.717) is 10.8 Å². The molecule has 0 aliphatic heterocycles. The third kappa shape index (κ3) is 5.74. The molecule has 0 saturated heterocycles. The van der Waals surface area contributed by atoms with Crippen LogP contribution in [0, 0.1) is 12.8 Å². The lowest BCUT2D eigenvalue weighted by Crippen LogP contribution is -2.32. The van der Waals surface area contributed by atoms with Crippen LogP contribution in [0.5, 0.6) is 0 Å². The molecule has 0 spiro atoms. The number of benzene rings is 1. The summed E-state index contributed by atoms with van der Waals surface area (Å²) in [6.07, 6.45) is 3.06. The summed E-state index contributed by atoms with van der Waals surface area (Å²) >= 11 is 0. The maximum absolute atomic E-state index is 12.1. The Morgan fingerprint density at radius 3 is 2.16 bits per heavy atom. The first-order chi connectivity index (χ1) is 8.81. The van der Waals surface area contributed by atoms with Crippen LogP contribution in [0.15, 0.2) is 29.2 Å². The fourth-order valence-corrected chi connectivity index (χ4v) is 3.22. The summed E-state index contributed by atoms with van der Waals surface area (Å²) in [6, 6.07) is 6.91. The molecular weight excluding hydrogens is 258 g/mol. The van der Waals surface area contributed by atoms with Gasteiger partial charge in [0.25, 0.3) is 0 Å². The highest BCUT2D eigenvalue weighted by molar-refractivity contribution is 7.89. The van der Waals surface area contributed by atoms with E-state index in [-0.39, 0.29) is 6.04 Å². The normalized spacial score (nSPS) is 13.7. The summed E-state index contributed by atoms with van der Waals surface area (Å²) in [6.45, 7) is 8.23. The van der Waals surface area contributed by atoms with Crippen molar-refractivity contribution in [2.75, 3.05) is 0 Å². The molecule has 19 heavy (non-hydrogen) atoms. The van der Waals surface area contributed by atoms with Gasteiger partial charge in [0.2, 0.25) is 10.0 Å². The summed E-state index contributed by atoms with van der Waals surface area (Å²) < 4.78 is 27.0. The minimum Gasteiger partial charge on any atom is -0.208 e. The second-order valence-electron chi connectivity index (χ2n) is 5.66. The maximum Gasteiger partial charge on any atom is 0.240 e. The van der Waals surface area contributed by atoms with Crippen molar-refractivity contribution in [1.29, 1.82) is 0 Å². The van der Waals surface area contributed by atoms with E-state index in [1.807, 2.05) is 26.0 Å². The molecule has 0 heterocycles. The molecule has 1 atom stereocenters. The van der Waals surface area contributed by atoms with E-state index in [0.717, 1.165) is 24.8 Å². The molecule has 0 aliphatic rings. The van der Waals surface area contributed by atoms with Gasteiger partial charge < -0.3 is 0 Å². The Morgan fingerprint density at radius 1 is 1.05 bits per heavy atom. The highest BCUT2D eigenvalue weighted by Crippen LogP contribution is 2.13. The Kier molecular flexibility index (Phi) is 6.01. The van der Waals surface area contributed by atoms with Gasteiger partial charge in [-0.05, 0) is 38.3 Å². The van der Waals surface area contributed by atoms with Gasteiger partial charge in [-0.2, -0.15) is 0 Å². The van der Waals surface area contributed by atoms with E-state index in [9.17, 15) is 8.42 Å². The smallest absolute Gasteiger partial charge is 0.208 e. The van der Waals surface area contributed by atoms with Gasteiger partial charge in [-0.3, -0.25) is 0 Å². The van der Waals surface area contributed by atoms with Gasteiger partial charge in [-0.25, -0.2) is 13.1 Å². The molecule has 0 saturated carbocycles. The van der Waals surface area contributed by atoms with Gasteiger partial charge in [0.1, 0.15) is 0 Å². The number of rotatable bonds is 7. The Morgan fingerprint density at radius 2 is 1.63 bits per heavy atom. The van der Waals surface area contributed by atoms with Crippen LogP contribution in [-0.2, 0) is 10.0 Å². The lowest BCUT2D eigenvalue weighted by atomic mass is 10.0. The Balaban J connectivity index is 2.57. The zero-order valence-electron chi connectivity index (χ0n) is 12.3. The van der Waals surface area contributed by atoms with Gasteiger partial charge in [0, 0.05) is 6.04 Å². The number of hydrogen-bond acceptors (Lipinski definition) is 2. The van der Waals surface area contributed by atoms with Crippen LogP contribution < -0.4 is 4.72 Å². The van der Waals surface area contributed by atoms with E-state index in [1.165, 1.54) is 0 Å². The largest absolute Gasteiger partial charge is 0.240 e. The highest BCUT2D eigenvalue weighted by atomic mass is 32.2. The molecule has 0 radical (unpaired) electrons. The van der Waals surface area contributed by atoms with Crippen molar-refractivity contribution in [3.8, 4) is 0 Å². The zero-order valence-corrected chi connectivity index (χ0v) is 13.1. The molecule has 3 nitrogen and oxygen atoms in total. The third-order valence-electron chi connectivity index (χ3n) is 3.11.